The topological polar surface area (TPSA) is 52.6 Å². The van der Waals surface area contributed by atoms with Gasteiger partial charge in [0.2, 0.25) is 0 Å². The minimum absolute atomic E-state index is 0.0455. The standard InChI is InChI=1S/C15H30N2O2/c1-11(2)17(10-12(3)18)14(19)16-13-8-6-7-9-15(13,4)5/h11-13,18H,6-10H2,1-5H3,(H,16,19). The molecule has 0 heterocycles. The molecule has 0 aromatic rings. The van der Waals surface area contributed by atoms with E-state index in [4.69, 9.17) is 0 Å². The van der Waals surface area contributed by atoms with Crippen LogP contribution in [0.25, 0.3) is 0 Å². The molecule has 0 spiro atoms. The van der Waals surface area contributed by atoms with Gasteiger partial charge in [-0.15, -0.1) is 0 Å². The van der Waals surface area contributed by atoms with Crippen molar-refractivity contribution in [3.63, 3.8) is 0 Å². The molecule has 0 aromatic carbocycles. The van der Waals surface area contributed by atoms with Crippen LogP contribution >= 0.6 is 0 Å². The van der Waals surface area contributed by atoms with Crippen molar-refractivity contribution < 1.29 is 9.90 Å². The Morgan fingerprint density at radius 2 is 2.00 bits per heavy atom. The first-order valence-corrected chi connectivity index (χ1v) is 7.49. The number of nitrogens with zero attached hydrogens (tertiary/aromatic N) is 1. The van der Waals surface area contributed by atoms with Crippen LogP contribution in [0.1, 0.15) is 60.3 Å². The number of hydrogen-bond donors (Lipinski definition) is 2. The molecule has 112 valence electrons. The molecule has 0 saturated heterocycles. The predicted molar refractivity (Wildman–Crippen MR) is 78.1 cm³/mol. The lowest BCUT2D eigenvalue weighted by Gasteiger charge is -2.40. The third kappa shape index (κ3) is 4.68. The molecule has 2 N–H and O–H groups in total. The first-order valence-electron chi connectivity index (χ1n) is 7.49. The Labute approximate surface area is 117 Å². The highest BCUT2D eigenvalue weighted by Gasteiger charge is 2.34. The van der Waals surface area contributed by atoms with Crippen molar-refractivity contribution in [3.05, 3.63) is 0 Å². The molecular weight excluding hydrogens is 240 g/mol. The summed E-state index contributed by atoms with van der Waals surface area (Å²) in [6.45, 7) is 10.5. The summed E-state index contributed by atoms with van der Waals surface area (Å²) in [7, 11) is 0. The number of aliphatic hydroxyl groups excluding tert-OH is 1. The zero-order valence-corrected chi connectivity index (χ0v) is 13.1. The average Bonchev–Trinajstić information content (AvgIpc) is 2.28. The molecule has 1 fully saturated rings. The Hall–Kier alpha value is -0.770. The fourth-order valence-corrected chi connectivity index (χ4v) is 2.81. The number of aliphatic hydroxyl groups is 1. The zero-order chi connectivity index (χ0) is 14.6. The molecule has 19 heavy (non-hydrogen) atoms. The minimum atomic E-state index is -0.493. The monoisotopic (exact) mass is 270 g/mol. The van der Waals surface area contributed by atoms with E-state index in [-0.39, 0.29) is 23.5 Å². The summed E-state index contributed by atoms with van der Waals surface area (Å²) in [5, 5.41) is 12.7. The lowest BCUT2D eigenvalue weighted by atomic mass is 9.73. The summed E-state index contributed by atoms with van der Waals surface area (Å²) in [5.74, 6) is 0. The van der Waals surface area contributed by atoms with E-state index in [1.54, 1.807) is 11.8 Å². The third-order valence-electron chi connectivity index (χ3n) is 4.15. The van der Waals surface area contributed by atoms with Crippen molar-refractivity contribution in [3.8, 4) is 0 Å². The highest BCUT2D eigenvalue weighted by atomic mass is 16.3. The summed E-state index contributed by atoms with van der Waals surface area (Å²) in [6, 6.07) is 0.293. The first-order chi connectivity index (χ1) is 8.74. The van der Waals surface area contributed by atoms with E-state index in [0.29, 0.717) is 6.54 Å². The van der Waals surface area contributed by atoms with E-state index in [0.717, 1.165) is 12.8 Å². The molecule has 2 atom stereocenters. The second-order valence-corrected chi connectivity index (χ2v) is 6.83. The van der Waals surface area contributed by atoms with Gasteiger partial charge in [0.25, 0.3) is 0 Å². The Balaban J connectivity index is 2.65. The van der Waals surface area contributed by atoms with Crippen molar-refractivity contribution in [2.24, 2.45) is 5.41 Å². The summed E-state index contributed by atoms with van der Waals surface area (Å²) >= 11 is 0. The van der Waals surface area contributed by atoms with Crippen molar-refractivity contribution >= 4 is 6.03 Å². The van der Waals surface area contributed by atoms with Gasteiger partial charge in [0, 0.05) is 18.6 Å². The molecule has 1 rings (SSSR count). The lowest BCUT2D eigenvalue weighted by molar-refractivity contribution is 0.106. The van der Waals surface area contributed by atoms with Crippen LogP contribution in [0.2, 0.25) is 0 Å². The molecule has 4 heteroatoms. The molecule has 1 saturated carbocycles. The summed E-state index contributed by atoms with van der Waals surface area (Å²) in [6.07, 6.45) is 4.16. The number of amides is 2. The van der Waals surface area contributed by atoms with Crippen LogP contribution in [-0.2, 0) is 0 Å². The molecule has 2 amide bonds. The van der Waals surface area contributed by atoms with E-state index >= 15 is 0 Å². The van der Waals surface area contributed by atoms with E-state index in [9.17, 15) is 9.90 Å². The maximum atomic E-state index is 12.4. The van der Waals surface area contributed by atoms with E-state index in [1.807, 2.05) is 13.8 Å². The number of carbonyl (C=O) groups is 1. The second kappa shape index (κ2) is 6.60. The van der Waals surface area contributed by atoms with Gasteiger partial charge in [-0.3, -0.25) is 0 Å². The molecular formula is C15H30N2O2. The first kappa shape index (κ1) is 16.3. The van der Waals surface area contributed by atoms with Crippen LogP contribution < -0.4 is 5.32 Å². The fraction of sp³-hybridized carbons (Fsp3) is 0.933. The van der Waals surface area contributed by atoms with Crippen molar-refractivity contribution in [1.82, 2.24) is 10.2 Å². The van der Waals surface area contributed by atoms with Gasteiger partial charge in [-0.25, -0.2) is 4.79 Å². The molecule has 0 aromatic heterocycles. The van der Waals surface area contributed by atoms with Gasteiger partial charge in [0.05, 0.1) is 6.10 Å². The highest BCUT2D eigenvalue weighted by molar-refractivity contribution is 5.75. The molecule has 4 nitrogen and oxygen atoms in total. The van der Waals surface area contributed by atoms with Crippen LogP contribution in [-0.4, -0.2) is 40.8 Å². The van der Waals surface area contributed by atoms with Gasteiger partial charge in [-0.1, -0.05) is 26.7 Å². The van der Waals surface area contributed by atoms with Crippen molar-refractivity contribution in [2.75, 3.05) is 6.54 Å². The fourth-order valence-electron chi connectivity index (χ4n) is 2.81. The Morgan fingerprint density at radius 3 is 2.47 bits per heavy atom. The van der Waals surface area contributed by atoms with Gasteiger partial charge in [-0.05, 0) is 39.0 Å². The van der Waals surface area contributed by atoms with Gasteiger partial charge >= 0.3 is 6.03 Å². The van der Waals surface area contributed by atoms with Gasteiger partial charge in [0.15, 0.2) is 0 Å². The predicted octanol–water partition coefficient (Wildman–Crippen LogP) is 2.76. The number of urea groups is 1. The minimum Gasteiger partial charge on any atom is -0.392 e. The van der Waals surface area contributed by atoms with E-state index < -0.39 is 6.10 Å². The quantitative estimate of drug-likeness (QED) is 0.825. The van der Waals surface area contributed by atoms with E-state index in [1.165, 1.54) is 12.8 Å². The number of nitrogens with one attached hydrogen (secondary N) is 1. The summed E-state index contributed by atoms with van der Waals surface area (Å²) in [5.41, 5.74) is 0.168. The third-order valence-corrected chi connectivity index (χ3v) is 4.15. The van der Waals surface area contributed by atoms with Gasteiger partial charge in [0.1, 0.15) is 0 Å². The van der Waals surface area contributed by atoms with Crippen LogP contribution in [0.4, 0.5) is 4.79 Å². The normalized spacial score (nSPS) is 24.1. The summed E-state index contributed by atoms with van der Waals surface area (Å²) < 4.78 is 0. The van der Waals surface area contributed by atoms with Crippen molar-refractivity contribution in [1.29, 1.82) is 0 Å². The summed E-state index contributed by atoms with van der Waals surface area (Å²) in [4.78, 5) is 14.1. The molecule has 2 unspecified atom stereocenters. The van der Waals surface area contributed by atoms with Gasteiger partial charge < -0.3 is 15.3 Å². The van der Waals surface area contributed by atoms with E-state index in [2.05, 4.69) is 19.2 Å². The Morgan fingerprint density at radius 1 is 1.37 bits per heavy atom. The molecule has 1 aliphatic carbocycles. The number of rotatable bonds is 4. The molecule has 0 radical (unpaired) electrons. The maximum absolute atomic E-state index is 12.4. The second-order valence-electron chi connectivity index (χ2n) is 6.83. The molecule has 1 aliphatic rings. The maximum Gasteiger partial charge on any atom is 0.317 e. The van der Waals surface area contributed by atoms with Crippen molar-refractivity contribution in [2.45, 2.75) is 78.5 Å². The zero-order valence-electron chi connectivity index (χ0n) is 13.1. The lowest BCUT2D eigenvalue weighted by Crippen LogP contribution is -2.54. The molecule has 0 aliphatic heterocycles. The Bertz CT molecular complexity index is 301. The molecule has 0 bridgehead atoms. The van der Waals surface area contributed by atoms with Crippen LogP contribution in [0, 0.1) is 5.41 Å². The van der Waals surface area contributed by atoms with Crippen LogP contribution in [0.15, 0.2) is 0 Å². The average molecular weight is 270 g/mol. The largest absolute Gasteiger partial charge is 0.392 e. The highest BCUT2D eigenvalue weighted by Crippen LogP contribution is 2.35. The number of hydrogen-bond acceptors (Lipinski definition) is 2. The SMILES string of the molecule is CC(O)CN(C(=O)NC1CCCCC1(C)C)C(C)C. The van der Waals surface area contributed by atoms with Gasteiger partial charge in [-0.2, -0.15) is 0 Å². The Kier molecular flexibility index (Phi) is 5.65. The number of carbonyl (C=O) groups excluding carboxylic acids is 1. The smallest absolute Gasteiger partial charge is 0.317 e. The van der Waals surface area contributed by atoms with Crippen LogP contribution in [0.3, 0.4) is 0 Å². The van der Waals surface area contributed by atoms with Crippen LogP contribution in [0.5, 0.6) is 0 Å².